The fraction of sp³-hybridized carbons (Fsp3) is 0.233. The molecule has 0 saturated carbocycles. The summed E-state index contributed by atoms with van der Waals surface area (Å²) >= 11 is 1.47. The first-order chi connectivity index (χ1) is 27.8. The lowest BCUT2D eigenvalue weighted by Crippen LogP contribution is -2.31. The van der Waals surface area contributed by atoms with E-state index in [9.17, 15) is 19.8 Å². The summed E-state index contributed by atoms with van der Waals surface area (Å²) in [7, 11) is 0. The van der Waals surface area contributed by atoms with Crippen LogP contribution in [0.15, 0.2) is 126 Å². The second-order valence-corrected chi connectivity index (χ2v) is 14.6. The molecule has 1 saturated heterocycles. The molecule has 0 radical (unpaired) electrons. The standard InChI is InChI=1S/C43H43N7O6S/c44-37-10-1-2-11-38(37)46-41(54)13-5-12-40(53)45-25-29-6-3-7-31(22-29)32-8-4-9-33(23-32)42-55-36(24-39(56-42)30-16-14-28(26-51)15-17-30)27-57-43-47-48-49-50(43)34-18-20-35(52)21-19-34/h1-4,6-11,14-23,36,39,42,51-52H,5,12-13,24-27,44H2,(H,45,53)(H,46,54)/t36-,39+,42+/m1/s1. The lowest BCUT2D eigenvalue weighted by molar-refractivity contribution is -0.245. The quantitative estimate of drug-likeness (QED) is 0.0540. The topological polar surface area (TPSA) is 187 Å². The Labute approximate surface area is 334 Å². The highest BCUT2D eigenvalue weighted by atomic mass is 32.2. The number of aliphatic hydroxyl groups is 1. The summed E-state index contributed by atoms with van der Waals surface area (Å²) in [6.07, 6.45) is 0.260. The molecule has 0 spiro atoms. The summed E-state index contributed by atoms with van der Waals surface area (Å²) in [5.74, 6) is 0.383. The summed E-state index contributed by atoms with van der Waals surface area (Å²) in [4.78, 5) is 25.0. The molecule has 1 aliphatic rings. The molecule has 292 valence electrons. The molecule has 6 N–H and O–H groups in total. The molecule has 7 rings (SSSR count). The Bertz CT molecular complexity index is 2290. The van der Waals surface area contributed by atoms with Gasteiger partial charge in [-0.25, -0.2) is 0 Å². The number of phenols is 1. The molecule has 0 aliphatic carbocycles. The molecular weight excluding hydrogens is 743 g/mol. The average Bonchev–Trinajstić information content (AvgIpc) is 3.72. The highest BCUT2D eigenvalue weighted by Gasteiger charge is 2.33. The van der Waals surface area contributed by atoms with Crippen molar-refractivity contribution in [3.63, 3.8) is 0 Å². The smallest absolute Gasteiger partial charge is 0.224 e. The summed E-state index contributed by atoms with van der Waals surface area (Å²) < 4.78 is 14.9. The summed E-state index contributed by atoms with van der Waals surface area (Å²) in [5.41, 5.74) is 13.2. The SMILES string of the molecule is Nc1ccccc1NC(=O)CCCC(=O)NCc1cccc(-c2cccc([C@H]3O[C@@H](CSc4nnnn4-c4ccc(O)cc4)C[C@@H](c4ccc(CO)cc4)O3)c2)c1. The summed E-state index contributed by atoms with van der Waals surface area (Å²) in [6, 6.07) is 37.5. The van der Waals surface area contributed by atoms with E-state index in [-0.39, 0.29) is 49.2 Å². The molecular formula is C43H43N7O6S. The van der Waals surface area contributed by atoms with Crippen LogP contribution in [-0.2, 0) is 32.2 Å². The van der Waals surface area contributed by atoms with Crippen molar-refractivity contribution in [2.24, 2.45) is 0 Å². The number of nitrogens with one attached hydrogen (secondary N) is 2. The number of ether oxygens (including phenoxy) is 2. The first-order valence-electron chi connectivity index (χ1n) is 18.6. The maximum atomic E-state index is 12.7. The Morgan fingerprint density at radius 2 is 1.58 bits per heavy atom. The Balaban J connectivity index is 0.996. The van der Waals surface area contributed by atoms with E-state index in [1.807, 2.05) is 66.7 Å². The monoisotopic (exact) mass is 785 g/mol. The number of nitrogens with two attached hydrogens (primary N) is 1. The van der Waals surface area contributed by atoms with Gasteiger partial charge in [-0.3, -0.25) is 9.59 Å². The van der Waals surface area contributed by atoms with E-state index >= 15 is 0 Å². The maximum absolute atomic E-state index is 12.7. The second kappa shape index (κ2) is 18.7. The van der Waals surface area contributed by atoms with Crippen LogP contribution in [0, 0.1) is 0 Å². The zero-order chi connectivity index (χ0) is 39.6. The van der Waals surface area contributed by atoms with Gasteiger partial charge in [-0.05, 0) is 93.2 Å². The zero-order valence-corrected chi connectivity index (χ0v) is 31.8. The number of carbonyl (C=O) groups is 2. The van der Waals surface area contributed by atoms with E-state index in [0.717, 1.165) is 39.1 Å². The Morgan fingerprint density at radius 1 is 0.825 bits per heavy atom. The van der Waals surface area contributed by atoms with Gasteiger partial charge < -0.3 is 36.1 Å². The molecule has 1 aliphatic heterocycles. The number of hydrogen-bond donors (Lipinski definition) is 5. The molecule has 1 aromatic heterocycles. The number of amides is 2. The molecule has 2 amide bonds. The van der Waals surface area contributed by atoms with Crippen LogP contribution in [0.25, 0.3) is 16.8 Å². The number of hydrogen-bond acceptors (Lipinski definition) is 11. The van der Waals surface area contributed by atoms with E-state index in [0.29, 0.717) is 41.7 Å². The number of phenolic OH excluding ortho intramolecular Hbond substituents is 1. The van der Waals surface area contributed by atoms with E-state index < -0.39 is 6.29 Å². The number of para-hydroxylation sites is 2. The number of nitrogen functional groups attached to an aromatic ring is 1. The predicted molar refractivity (Wildman–Crippen MR) is 217 cm³/mol. The largest absolute Gasteiger partial charge is 0.508 e. The van der Waals surface area contributed by atoms with Crippen molar-refractivity contribution < 1.29 is 29.3 Å². The van der Waals surface area contributed by atoms with Crippen LogP contribution >= 0.6 is 11.8 Å². The van der Waals surface area contributed by atoms with Gasteiger partial charge in [0, 0.05) is 37.1 Å². The van der Waals surface area contributed by atoms with E-state index in [4.69, 9.17) is 15.2 Å². The van der Waals surface area contributed by atoms with E-state index in [1.165, 1.54) is 11.8 Å². The molecule has 0 bridgehead atoms. The van der Waals surface area contributed by atoms with Crippen molar-refractivity contribution in [2.45, 2.75) is 62.5 Å². The molecule has 3 atom stereocenters. The maximum Gasteiger partial charge on any atom is 0.224 e. The second-order valence-electron chi connectivity index (χ2n) is 13.6. The molecule has 6 aromatic rings. The number of aromatic nitrogens is 4. The van der Waals surface area contributed by atoms with Gasteiger partial charge in [0.25, 0.3) is 0 Å². The van der Waals surface area contributed by atoms with Crippen LogP contribution in [0.3, 0.4) is 0 Å². The van der Waals surface area contributed by atoms with Gasteiger partial charge in [0.15, 0.2) is 6.29 Å². The van der Waals surface area contributed by atoms with Gasteiger partial charge in [0.05, 0.1) is 35.9 Å². The zero-order valence-electron chi connectivity index (χ0n) is 31.0. The van der Waals surface area contributed by atoms with Crippen molar-refractivity contribution in [3.05, 3.63) is 144 Å². The molecule has 0 unspecified atom stereocenters. The van der Waals surface area contributed by atoms with Gasteiger partial charge in [0.1, 0.15) is 5.75 Å². The highest BCUT2D eigenvalue weighted by Crippen LogP contribution is 2.40. The van der Waals surface area contributed by atoms with E-state index in [2.05, 4.69) is 32.2 Å². The average molecular weight is 786 g/mol. The van der Waals surface area contributed by atoms with Crippen LogP contribution in [0.2, 0.25) is 0 Å². The number of tetrazole rings is 1. The molecule has 57 heavy (non-hydrogen) atoms. The number of carbonyl (C=O) groups excluding carboxylic acids is 2. The van der Waals surface area contributed by atoms with Crippen LogP contribution in [0.1, 0.15) is 60.3 Å². The minimum atomic E-state index is -0.672. The number of rotatable bonds is 15. The number of nitrogens with zero attached hydrogens (tertiary/aromatic N) is 4. The van der Waals surface area contributed by atoms with Crippen LogP contribution in [-0.4, -0.2) is 54.1 Å². The lowest BCUT2D eigenvalue weighted by atomic mass is 9.99. The lowest BCUT2D eigenvalue weighted by Gasteiger charge is -2.36. The van der Waals surface area contributed by atoms with Crippen LogP contribution < -0.4 is 16.4 Å². The third-order valence-electron chi connectivity index (χ3n) is 9.50. The predicted octanol–water partition coefficient (Wildman–Crippen LogP) is 6.87. The van der Waals surface area contributed by atoms with Gasteiger partial charge in [-0.15, -0.1) is 5.10 Å². The third kappa shape index (κ3) is 10.4. The number of aromatic hydroxyl groups is 1. The van der Waals surface area contributed by atoms with Gasteiger partial charge >= 0.3 is 0 Å². The van der Waals surface area contributed by atoms with Gasteiger partial charge in [-0.2, -0.15) is 4.68 Å². The normalized spacial score (nSPS) is 16.5. The van der Waals surface area contributed by atoms with Crippen molar-refractivity contribution in [1.82, 2.24) is 25.5 Å². The minimum absolute atomic E-state index is 0.0425. The number of benzene rings is 5. The van der Waals surface area contributed by atoms with Crippen LogP contribution in [0.4, 0.5) is 11.4 Å². The Kier molecular flexibility index (Phi) is 12.9. The Hall–Kier alpha value is -6.06. The molecule has 5 aromatic carbocycles. The Morgan fingerprint density at radius 3 is 2.37 bits per heavy atom. The number of thioether (sulfide) groups is 1. The fourth-order valence-electron chi connectivity index (χ4n) is 6.46. The fourth-order valence-corrected chi connectivity index (χ4v) is 7.37. The molecule has 2 heterocycles. The van der Waals surface area contributed by atoms with Crippen molar-refractivity contribution in [3.8, 4) is 22.6 Å². The summed E-state index contributed by atoms with van der Waals surface area (Å²) in [6.45, 7) is 0.305. The molecule has 14 heteroatoms. The van der Waals surface area contributed by atoms with Crippen LogP contribution in [0.5, 0.6) is 5.75 Å². The van der Waals surface area contributed by atoms with Crippen molar-refractivity contribution in [1.29, 1.82) is 0 Å². The molecule has 13 nitrogen and oxygen atoms in total. The third-order valence-corrected chi connectivity index (χ3v) is 10.6. The number of anilines is 2. The van der Waals surface area contributed by atoms with E-state index in [1.54, 1.807) is 53.2 Å². The first kappa shape index (κ1) is 39.2. The highest BCUT2D eigenvalue weighted by molar-refractivity contribution is 7.99. The number of aliphatic hydroxyl groups excluding tert-OH is 1. The summed E-state index contributed by atoms with van der Waals surface area (Å²) in [5, 5.41) is 38.0. The molecule has 1 fully saturated rings. The van der Waals surface area contributed by atoms with Crippen molar-refractivity contribution >= 4 is 35.0 Å². The van der Waals surface area contributed by atoms with Gasteiger partial charge in [0.2, 0.25) is 17.0 Å². The van der Waals surface area contributed by atoms with Gasteiger partial charge in [-0.1, -0.05) is 84.6 Å². The van der Waals surface area contributed by atoms with Crippen molar-refractivity contribution in [2.75, 3.05) is 16.8 Å². The minimum Gasteiger partial charge on any atom is -0.508 e. The first-order valence-corrected chi connectivity index (χ1v) is 19.6.